The number of carboxylic acids is 1. The van der Waals surface area contributed by atoms with E-state index in [0.717, 1.165) is 0 Å². The molecule has 0 bridgehead atoms. The van der Waals surface area contributed by atoms with Gasteiger partial charge in [-0.3, -0.25) is 4.57 Å². The molecule has 0 aliphatic carbocycles. The molecule has 2 aromatic heterocycles. The van der Waals surface area contributed by atoms with Crippen LogP contribution < -0.4 is 0 Å². The van der Waals surface area contributed by atoms with E-state index in [2.05, 4.69) is 20.9 Å². The minimum Gasteiger partial charge on any atom is -0.477 e. The molecule has 0 radical (unpaired) electrons. The predicted molar refractivity (Wildman–Crippen MR) is 68.2 cm³/mol. The third-order valence-electron chi connectivity index (χ3n) is 2.02. The third kappa shape index (κ3) is 2.46. The van der Waals surface area contributed by atoms with E-state index in [9.17, 15) is 4.79 Å². The van der Waals surface area contributed by atoms with Crippen LogP contribution in [0.1, 0.15) is 10.5 Å². The number of hydrogen-bond acceptors (Lipinski definition) is 2. The molecule has 0 unspecified atom stereocenters. The smallest absolute Gasteiger partial charge is 0.352 e. The molecule has 2 rings (SSSR count). The van der Waals surface area contributed by atoms with Crippen LogP contribution in [0.2, 0.25) is 10.0 Å². The second kappa shape index (κ2) is 4.68. The molecular weight excluding hydrogens is 331 g/mol. The SMILES string of the molecule is O=C(O)c1cc(Br)cn1-c1ncc(Cl)cc1Cl. The van der Waals surface area contributed by atoms with Gasteiger partial charge in [0.05, 0.1) is 10.0 Å². The number of carbonyl (C=O) groups is 1. The van der Waals surface area contributed by atoms with Crippen molar-refractivity contribution in [3.63, 3.8) is 0 Å². The molecule has 0 fully saturated rings. The highest BCUT2D eigenvalue weighted by Crippen LogP contribution is 2.25. The van der Waals surface area contributed by atoms with Crippen LogP contribution in [0.5, 0.6) is 0 Å². The van der Waals surface area contributed by atoms with Gasteiger partial charge in [-0.05, 0) is 28.1 Å². The highest BCUT2D eigenvalue weighted by molar-refractivity contribution is 9.10. The minimum atomic E-state index is -1.07. The van der Waals surface area contributed by atoms with Crippen molar-refractivity contribution in [2.45, 2.75) is 0 Å². The number of pyridine rings is 1. The number of hydrogen-bond donors (Lipinski definition) is 1. The molecule has 0 aromatic carbocycles. The molecular formula is C10H5BrCl2N2O2. The van der Waals surface area contributed by atoms with Gasteiger partial charge in [-0.25, -0.2) is 9.78 Å². The van der Waals surface area contributed by atoms with E-state index in [1.807, 2.05) is 0 Å². The average molecular weight is 336 g/mol. The molecule has 0 saturated heterocycles. The van der Waals surface area contributed by atoms with Crippen molar-refractivity contribution in [1.29, 1.82) is 0 Å². The summed E-state index contributed by atoms with van der Waals surface area (Å²) in [5, 5.41) is 9.72. The lowest BCUT2D eigenvalue weighted by Gasteiger charge is -2.07. The van der Waals surface area contributed by atoms with Gasteiger partial charge in [-0.1, -0.05) is 23.2 Å². The van der Waals surface area contributed by atoms with Gasteiger partial charge in [0.1, 0.15) is 5.69 Å². The molecule has 0 amide bonds. The summed E-state index contributed by atoms with van der Waals surface area (Å²) in [4.78, 5) is 15.1. The van der Waals surface area contributed by atoms with Gasteiger partial charge in [-0.15, -0.1) is 0 Å². The summed E-state index contributed by atoms with van der Waals surface area (Å²) in [6, 6.07) is 2.97. The Labute approximate surface area is 115 Å². The summed E-state index contributed by atoms with van der Waals surface area (Å²) in [7, 11) is 0. The Kier molecular flexibility index (Phi) is 3.42. The number of carboxylic acid groups (broad SMARTS) is 1. The topological polar surface area (TPSA) is 55.1 Å². The van der Waals surface area contributed by atoms with E-state index in [1.165, 1.54) is 22.9 Å². The van der Waals surface area contributed by atoms with Crippen molar-refractivity contribution in [2.75, 3.05) is 0 Å². The predicted octanol–water partition coefficient (Wildman–Crippen LogP) is 3.64. The van der Waals surface area contributed by atoms with Gasteiger partial charge >= 0.3 is 5.97 Å². The van der Waals surface area contributed by atoms with Gasteiger partial charge in [0.2, 0.25) is 0 Å². The van der Waals surface area contributed by atoms with E-state index in [1.54, 1.807) is 6.20 Å². The lowest BCUT2D eigenvalue weighted by atomic mass is 10.4. The second-order valence-electron chi connectivity index (χ2n) is 3.18. The van der Waals surface area contributed by atoms with Crippen LogP contribution >= 0.6 is 39.1 Å². The van der Waals surface area contributed by atoms with E-state index in [0.29, 0.717) is 15.3 Å². The Bertz CT molecular complexity index is 598. The van der Waals surface area contributed by atoms with Crippen LogP contribution in [0.25, 0.3) is 5.82 Å². The van der Waals surface area contributed by atoms with E-state index < -0.39 is 5.97 Å². The molecule has 0 atom stereocenters. The Morgan fingerprint density at radius 3 is 2.71 bits per heavy atom. The molecule has 88 valence electrons. The maximum atomic E-state index is 11.0. The van der Waals surface area contributed by atoms with Crippen LogP contribution in [0.15, 0.2) is 29.0 Å². The maximum absolute atomic E-state index is 11.0. The third-order valence-corrected chi connectivity index (χ3v) is 2.94. The van der Waals surface area contributed by atoms with Crippen LogP contribution in [0.4, 0.5) is 0 Å². The van der Waals surface area contributed by atoms with Gasteiger partial charge in [0.15, 0.2) is 5.82 Å². The van der Waals surface area contributed by atoms with Crippen LogP contribution in [-0.4, -0.2) is 20.6 Å². The summed E-state index contributed by atoms with van der Waals surface area (Å²) in [5.74, 6) is -0.748. The van der Waals surface area contributed by atoms with Gasteiger partial charge in [-0.2, -0.15) is 0 Å². The zero-order valence-corrected chi connectivity index (χ0v) is 11.3. The second-order valence-corrected chi connectivity index (χ2v) is 4.94. The average Bonchev–Trinajstić information content (AvgIpc) is 2.60. The van der Waals surface area contributed by atoms with Crippen LogP contribution in [0, 0.1) is 0 Å². The normalized spacial score (nSPS) is 10.5. The number of nitrogens with zero attached hydrogens (tertiary/aromatic N) is 2. The molecule has 0 spiro atoms. The zero-order chi connectivity index (χ0) is 12.6. The lowest BCUT2D eigenvalue weighted by Crippen LogP contribution is -2.07. The Balaban J connectivity index is 2.63. The Hall–Kier alpha value is -1.04. The molecule has 1 N–H and O–H groups in total. The number of aromatic nitrogens is 2. The fourth-order valence-electron chi connectivity index (χ4n) is 1.35. The summed E-state index contributed by atoms with van der Waals surface area (Å²) >= 11 is 14.9. The lowest BCUT2D eigenvalue weighted by molar-refractivity contribution is 0.0688. The first-order chi connectivity index (χ1) is 7.99. The van der Waals surface area contributed by atoms with Gasteiger partial charge < -0.3 is 5.11 Å². The van der Waals surface area contributed by atoms with Crippen molar-refractivity contribution in [2.24, 2.45) is 0 Å². The fourth-order valence-corrected chi connectivity index (χ4v) is 2.25. The minimum absolute atomic E-state index is 0.0635. The van der Waals surface area contributed by atoms with Gasteiger partial charge in [0, 0.05) is 16.9 Å². The largest absolute Gasteiger partial charge is 0.477 e. The molecule has 2 aromatic rings. The maximum Gasteiger partial charge on any atom is 0.352 e. The van der Waals surface area contributed by atoms with Crippen molar-refractivity contribution in [1.82, 2.24) is 9.55 Å². The first-order valence-electron chi connectivity index (χ1n) is 4.41. The number of rotatable bonds is 2. The molecule has 0 saturated carbocycles. The molecule has 0 aliphatic rings. The summed E-state index contributed by atoms with van der Waals surface area (Å²) in [6.45, 7) is 0. The van der Waals surface area contributed by atoms with E-state index >= 15 is 0 Å². The molecule has 0 aliphatic heterocycles. The standard InChI is InChI=1S/C10H5BrCl2N2O2/c11-5-1-8(10(16)17)15(4-5)9-7(13)2-6(12)3-14-9/h1-4H,(H,16,17). The fraction of sp³-hybridized carbons (Fsp3) is 0. The summed E-state index contributed by atoms with van der Waals surface area (Å²) in [5.41, 5.74) is 0.0635. The quantitative estimate of drug-likeness (QED) is 0.911. The van der Waals surface area contributed by atoms with Crippen molar-refractivity contribution >= 4 is 45.1 Å². The number of aromatic carboxylic acids is 1. The monoisotopic (exact) mass is 334 g/mol. The van der Waals surface area contributed by atoms with Crippen molar-refractivity contribution in [3.8, 4) is 5.82 Å². The van der Waals surface area contributed by atoms with E-state index in [-0.39, 0.29) is 10.7 Å². The van der Waals surface area contributed by atoms with Crippen LogP contribution in [-0.2, 0) is 0 Å². The zero-order valence-electron chi connectivity index (χ0n) is 8.19. The highest BCUT2D eigenvalue weighted by Gasteiger charge is 2.16. The van der Waals surface area contributed by atoms with Gasteiger partial charge in [0.25, 0.3) is 0 Å². The number of halogens is 3. The Morgan fingerprint density at radius 2 is 2.12 bits per heavy atom. The molecule has 2 heterocycles. The van der Waals surface area contributed by atoms with E-state index in [4.69, 9.17) is 28.3 Å². The van der Waals surface area contributed by atoms with Crippen LogP contribution in [0.3, 0.4) is 0 Å². The highest BCUT2D eigenvalue weighted by atomic mass is 79.9. The van der Waals surface area contributed by atoms with Crippen molar-refractivity contribution in [3.05, 3.63) is 44.7 Å². The molecule has 17 heavy (non-hydrogen) atoms. The first-order valence-corrected chi connectivity index (χ1v) is 5.96. The van der Waals surface area contributed by atoms with Crippen molar-refractivity contribution < 1.29 is 9.90 Å². The summed E-state index contributed by atoms with van der Waals surface area (Å²) < 4.78 is 2.01. The molecule has 4 nitrogen and oxygen atoms in total. The summed E-state index contributed by atoms with van der Waals surface area (Å²) in [6.07, 6.45) is 2.98. The Morgan fingerprint density at radius 1 is 1.41 bits per heavy atom. The first kappa shape index (κ1) is 12.4. The molecule has 7 heteroatoms.